The number of carbonyl (C=O) groups is 1. The molecule has 1 N–H and O–H groups in total. The van der Waals surface area contributed by atoms with E-state index in [1.807, 2.05) is 13.8 Å². The number of ether oxygens (including phenoxy) is 1. The van der Waals surface area contributed by atoms with Crippen LogP contribution in [0.15, 0.2) is 4.52 Å². The first kappa shape index (κ1) is 11.2. The van der Waals surface area contributed by atoms with E-state index in [0.29, 0.717) is 5.82 Å². The van der Waals surface area contributed by atoms with Gasteiger partial charge in [-0.2, -0.15) is 9.97 Å². The third-order valence-corrected chi connectivity index (χ3v) is 2.01. The van der Waals surface area contributed by atoms with E-state index in [9.17, 15) is 4.79 Å². The number of nitrogens with zero attached hydrogens (tertiary/aromatic N) is 4. The summed E-state index contributed by atoms with van der Waals surface area (Å²) in [6.07, 6.45) is 0. The molecule has 17 heavy (non-hydrogen) atoms. The number of methoxy groups -OCH3 is 1. The molecule has 0 aliphatic heterocycles. The van der Waals surface area contributed by atoms with Crippen LogP contribution < -0.4 is 0 Å². The Hall–Kier alpha value is -2.25. The molecule has 0 saturated carbocycles. The minimum absolute atomic E-state index is 0.00760. The van der Waals surface area contributed by atoms with E-state index in [1.54, 1.807) is 0 Å². The lowest BCUT2D eigenvalue weighted by atomic mass is 10.2. The van der Waals surface area contributed by atoms with Crippen molar-refractivity contribution in [2.24, 2.45) is 0 Å². The largest absolute Gasteiger partial charge is 0.463 e. The van der Waals surface area contributed by atoms with Gasteiger partial charge in [0.1, 0.15) is 0 Å². The fourth-order valence-electron chi connectivity index (χ4n) is 1.11. The molecular formula is C9H11N5O3. The highest BCUT2D eigenvalue weighted by Gasteiger charge is 2.18. The first-order chi connectivity index (χ1) is 8.11. The van der Waals surface area contributed by atoms with Crippen molar-refractivity contribution >= 4 is 5.97 Å². The molecule has 0 radical (unpaired) electrons. The van der Waals surface area contributed by atoms with Gasteiger partial charge >= 0.3 is 5.97 Å². The number of rotatable bonds is 3. The second-order valence-electron chi connectivity index (χ2n) is 3.61. The Labute approximate surface area is 96.4 Å². The molecule has 2 rings (SSSR count). The van der Waals surface area contributed by atoms with Crippen LogP contribution in [-0.4, -0.2) is 38.4 Å². The van der Waals surface area contributed by atoms with Gasteiger partial charge in [-0.25, -0.2) is 4.79 Å². The summed E-state index contributed by atoms with van der Waals surface area (Å²) < 4.78 is 9.47. The second kappa shape index (κ2) is 4.32. The molecule has 90 valence electrons. The topological polar surface area (TPSA) is 107 Å². The van der Waals surface area contributed by atoms with Crippen molar-refractivity contribution in [1.82, 2.24) is 25.3 Å². The zero-order valence-electron chi connectivity index (χ0n) is 9.59. The maximum absolute atomic E-state index is 11.1. The first-order valence-corrected chi connectivity index (χ1v) is 4.96. The lowest BCUT2D eigenvalue weighted by Crippen LogP contribution is -2.03. The van der Waals surface area contributed by atoms with Crippen molar-refractivity contribution in [1.29, 1.82) is 0 Å². The quantitative estimate of drug-likeness (QED) is 0.785. The normalized spacial score (nSPS) is 10.8. The van der Waals surface area contributed by atoms with Gasteiger partial charge in [-0.15, -0.1) is 5.10 Å². The molecule has 0 aliphatic carbocycles. The maximum atomic E-state index is 11.1. The van der Waals surface area contributed by atoms with Crippen molar-refractivity contribution in [2.45, 2.75) is 19.8 Å². The van der Waals surface area contributed by atoms with Crippen LogP contribution in [0.1, 0.15) is 36.2 Å². The number of H-pyrrole nitrogens is 1. The fourth-order valence-corrected chi connectivity index (χ4v) is 1.11. The number of hydrogen-bond acceptors (Lipinski definition) is 7. The Balaban J connectivity index is 2.27. The van der Waals surface area contributed by atoms with Crippen LogP contribution >= 0.6 is 0 Å². The Morgan fingerprint density at radius 2 is 2.18 bits per heavy atom. The van der Waals surface area contributed by atoms with E-state index in [0.717, 1.165) is 0 Å². The van der Waals surface area contributed by atoms with Gasteiger partial charge in [0, 0.05) is 5.92 Å². The molecule has 0 bridgehead atoms. The van der Waals surface area contributed by atoms with Gasteiger partial charge in [0.15, 0.2) is 5.82 Å². The van der Waals surface area contributed by atoms with E-state index in [4.69, 9.17) is 4.52 Å². The zero-order valence-corrected chi connectivity index (χ0v) is 9.59. The predicted molar refractivity (Wildman–Crippen MR) is 55.1 cm³/mol. The zero-order chi connectivity index (χ0) is 12.4. The van der Waals surface area contributed by atoms with Crippen LogP contribution in [0.3, 0.4) is 0 Å². The maximum Gasteiger partial charge on any atom is 0.375 e. The van der Waals surface area contributed by atoms with Crippen LogP contribution in [0, 0.1) is 0 Å². The molecule has 2 aromatic heterocycles. The molecule has 2 heterocycles. The third kappa shape index (κ3) is 2.14. The van der Waals surface area contributed by atoms with Gasteiger partial charge in [0.05, 0.1) is 7.11 Å². The van der Waals surface area contributed by atoms with E-state index < -0.39 is 5.97 Å². The van der Waals surface area contributed by atoms with Crippen molar-refractivity contribution in [2.75, 3.05) is 7.11 Å². The average molecular weight is 237 g/mol. The van der Waals surface area contributed by atoms with Crippen molar-refractivity contribution in [3.63, 3.8) is 0 Å². The predicted octanol–water partition coefficient (Wildman–Crippen LogP) is 0.765. The molecule has 0 atom stereocenters. The molecule has 8 heteroatoms. The van der Waals surface area contributed by atoms with Crippen LogP contribution in [0.2, 0.25) is 0 Å². The van der Waals surface area contributed by atoms with Crippen molar-refractivity contribution < 1.29 is 14.1 Å². The van der Waals surface area contributed by atoms with Crippen LogP contribution in [0.4, 0.5) is 0 Å². The monoisotopic (exact) mass is 237 g/mol. The molecule has 0 spiro atoms. The highest BCUT2D eigenvalue weighted by atomic mass is 16.5. The molecule has 0 aliphatic rings. The summed E-state index contributed by atoms with van der Waals surface area (Å²) in [5.41, 5.74) is 0. The Bertz CT molecular complexity index is 530. The van der Waals surface area contributed by atoms with Crippen molar-refractivity contribution in [3.05, 3.63) is 11.6 Å². The Morgan fingerprint density at radius 1 is 1.41 bits per heavy atom. The van der Waals surface area contributed by atoms with E-state index in [2.05, 4.69) is 30.1 Å². The first-order valence-electron chi connectivity index (χ1n) is 4.96. The highest BCUT2D eigenvalue weighted by molar-refractivity contribution is 5.85. The van der Waals surface area contributed by atoms with Gasteiger partial charge in [0.25, 0.3) is 5.89 Å². The van der Waals surface area contributed by atoms with Gasteiger partial charge in [0.2, 0.25) is 11.6 Å². The second-order valence-corrected chi connectivity index (χ2v) is 3.61. The molecule has 8 nitrogen and oxygen atoms in total. The molecular weight excluding hydrogens is 226 g/mol. The Kier molecular flexibility index (Phi) is 2.86. The SMILES string of the molecule is COC(=O)c1nc(-c2nc(C(C)C)no2)n[nH]1. The fraction of sp³-hybridized carbons (Fsp3) is 0.444. The smallest absolute Gasteiger partial charge is 0.375 e. The van der Waals surface area contributed by atoms with E-state index >= 15 is 0 Å². The van der Waals surface area contributed by atoms with Gasteiger partial charge in [-0.05, 0) is 0 Å². The number of nitrogens with one attached hydrogen (secondary N) is 1. The summed E-state index contributed by atoms with van der Waals surface area (Å²) in [4.78, 5) is 19.1. The Morgan fingerprint density at radius 3 is 2.76 bits per heavy atom. The van der Waals surface area contributed by atoms with Gasteiger partial charge < -0.3 is 9.26 Å². The molecule has 0 amide bonds. The standard InChI is InChI=1S/C9H11N5O3/c1-4(2)5-11-8(17-14-5)6-10-7(13-12-6)9(15)16-3/h4H,1-3H3,(H,10,12,13). The van der Waals surface area contributed by atoms with E-state index in [-0.39, 0.29) is 23.5 Å². The van der Waals surface area contributed by atoms with Crippen LogP contribution in [0.25, 0.3) is 11.7 Å². The lowest BCUT2D eigenvalue weighted by Gasteiger charge is -1.91. The minimum Gasteiger partial charge on any atom is -0.463 e. The molecule has 2 aromatic rings. The summed E-state index contributed by atoms with van der Waals surface area (Å²) in [7, 11) is 1.26. The minimum atomic E-state index is -0.604. The van der Waals surface area contributed by atoms with Crippen molar-refractivity contribution in [3.8, 4) is 11.7 Å². The van der Waals surface area contributed by atoms with Gasteiger partial charge in [-0.1, -0.05) is 19.0 Å². The number of esters is 1. The summed E-state index contributed by atoms with van der Waals surface area (Å²) >= 11 is 0. The summed E-state index contributed by atoms with van der Waals surface area (Å²) in [5, 5.41) is 10.00. The number of aromatic amines is 1. The summed E-state index contributed by atoms with van der Waals surface area (Å²) in [5.74, 6) is 0.431. The summed E-state index contributed by atoms with van der Waals surface area (Å²) in [6, 6.07) is 0. The molecule has 0 saturated heterocycles. The summed E-state index contributed by atoms with van der Waals surface area (Å²) in [6.45, 7) is 3.87. The number of carbonyl (C=O) groups excluding carboxylic acids is 1. The number of aromatic nitrogens is 5. The lowest BCUT2D eigenvalue weighted by molar-refractivity contribution is 0.0587. The van der Waals surface area contributed by atoms with Crippen LogP contribution in [-0.2, 0) is 4.74 Å². The third-order valence-electron chi connectivity index (χ3n) is 2.01. The van der Waals surface area contributed by atoms with Crippen LogP contribution in [0.5, 0.6) is 0 Å². The van der Waals surface area contributed by atoms with E-state index in [1.165, 1.54) is 7.11 Å². The average Bonchev–Trinajstić information content (AvgIpc) is 2.95. The molecule has 0 fully saturated rings. The highest BCUT2D eigenvalue weighted by Crippen LogP contribution is 2.16. The van der Waals surface area contributed by atoms with Gasteiger partial charge in [-0.3, -0.25) is 5.10 Å². The number of hydrogen-bond donors (Lipinski definition) is 1. The molecule has 0 aromatic carbocycles. The molecule has 0 unspecified atom stereocenters.